The predicted molar refractivity (Wildman–Crippen MR) is 97.9 cm³/mol. The van der Waals surface area contributed by atoms with E-state index in [1.807, 2.05) is 31.2 Å². The van der Waals surface area contributed by atoms with Crippen molar-refractivity contribution in [1.82, 2.24) is 19.6 Å². The van der Waals surface area contributed by atoms with Gasteiger partial charge in [0.25, 0.3) is 5.91 Å². The number of aryl methyl sites for hydroxylation is 2. The number of aromatic nitrogens is 4. The molecule has 2 heterocycles. The Morgan fingerprint density at radius 1 is 1.40 bits per heavy atom. The van der Waals surface area contributed by atoms with Gasteiger partial charge in [-0.2, -0.15) is 10.2 Å². The number of benzene rings is 1. The smallest absolute Gasteiger partial charge is 0.275 e. The molecule has 0 fully saturated rings. The fourth-order valence-corrected chi connectivity index (χ4v) is 3.06. The number of carbonyl (C=O) groups excluding carboxylic acids is 1. The number of nitrogens with zero attached hydrogens (tertiary/aromatic N) is 4. The lowest BCUT2D eigenvalue weighted by molar-refractivity contribution is 0.101. The number of hydrogen-bond acceptors (Lipinski definition) is 4. The monoisotopic (exact) mass is 403 g/mol. The quantitative estimate of drug-likeness (QED) is 0.710. The third kappa shape index (κ3) is 3.74. The first kappa shape index (κ1) is 17.2. The van der Waals surface area contributed by atoms with Crippen molar-refractivity contribution in [3.63, 3.8) is 0 Å². The van der Waals surface area contributed by atoms with Crippen molar-refractivity contribution in [1.29, 1.82) is 0 Å². The van der Waals surface area contributed by atoms with E-state index in [1.54, 1.807) is 35.9 Å². The summed E-state index contributed by atoms with van der Waals surface area (Å²) >= 11 is 3.40. The highest BCUT2D eigenvalue weighted by Gasteiger charge is 2.18. The molecule has 2 aromatic heterocycles. The minimum atomic E-state index is -0.240. The predicted octanol–water partition coefficient (Wildman–Crippen LogP) is 3.00. The second kappa shape index (κ2) is 7.10. The van der Waals surface area contributed by atoms with Crippen molar-refractivity contribution in [2.75, 3.05) is 12.4 Å². The van der Waals surface area contributed by atoms with Gasteiger partial charge in [-0.3, -0.25) is 14.2 Å². The summed E-state index contributed by atoms with van der Waals surface area (Å²) < 4.78 is 9.22. The average Bonchev–Trinajstić information content (AvgIpc) is 3.11. The van der Waals surface area contributed by atoms with Crippen LogP contribution in [0.5, 0.6) is 5.75 Å². The van der Waals surface area contributed by atoms with Gasteiger partial charge in [-0.25, -0.2) is 0 Å². The zero-order valence-corrected chi connectivity index (χ0v) is 15.7. The van der Waals surface area contributed by atoms with Crippen LogP contribution in [0.15, 0.2) is 41.1 Å². The molecule has 130 valence electrons. The zero-order chi connectivity index (χ0) is 18.0. The van der Waals surface area contributed by atoms with Crippen molar-refractivity contribution >= 4 is 27.5 Å². The van der Waals surface area contributed by atoms with Crippen molar-refractivity contribution in [3.8, 4) is 5.75 Å². The molecule has 0 saturated heterocycles. The van der Waals surface area contributed by atoms with E-state index >= 15 is 0 Å². The normalized spacial score (nSPS) is 10.7. The Morgan fingerprint density at radius 3 is 2.88 bits per heavy atom. The first-order valence-corrected chi connectivity index (χ1v) is 8.43. The van der Waals surface area contributed by atoms with Crippen LogP contribution in [0.3, 0.4) is 0 Å². The number of hydrogen-bond donors (Lipinski definition) is 1. The standard InChI is InChI=1S/C17H18BrN5O2/c1-11-15(18)16(22(2)21-11)17(24)20-13-8-19-23(10-13)9-12-5-4-6-14(7-12)25-3/h4-8,10H,9H2,1-3H3,(H,20,24). The van der Waals surface area contributed by atoms with E-state index in [9.17, 15) is 4.79 Å². The van der Waals surface area contributed by atoms with Crippen LogP contribution in [0.25, 0.3) is 0 Å². The molecule has 0 aliphatic heterocycles. The van der Waals surface area contributed by atoms with Crippen LogP contribution in [0.4, 0.5) is 5.69 Å². The number of methoxy groups -OCH3 is 1. The average molecular weight is 404 g/mol. The Morgan fingerprint density at radius 2 is 2.20 bits per heavy atom. The molecule has 0 atom stereocenters. The van der Waals surface area contributed by atoms with Crippen molar-refractivity contribution in [2.24, 2.45) is 7.05 Å². The molecule has 25 heavy (non-hydrogen) atoms. The summed E-state index contributed by atoms with van der Waals surface area (Å²) in [5.41, 5.74) is 2.92. The second-order valence-corrected chi connectivity index (χ2v) is 6.40. The van der Waals surface area contributed by atoms with Crippen LogP contribution < -0.4 is 10.1 Å². The SMILES string of the molecule is COc1cccc(Cn2cc(NC(=O)c3c(Br)c(C)nn3C)cn2)c1. The molecule has 0 spiro atoms. The number of anilines is 1. The third-order valence-electron chi connectivity index (χ3n) is 3.73. The van der Waals surface area contributed by atoms with E-state index in [0.29, 0.717) is 22.4 Å². The topological polar surface area (TPSA) is 74.0 Å². The van der Waals surface area contributed by atoms with Crippen LogP contribution >= 0.6 is 15.9 Å². The molecule has 3 aromatic rings. The van der Waals surface area contributed by atoms with Gasteiger partial charge in [0.1, 0.15) is 11.4 Å². The molecule has 0 aliphatic carbocycles. The van der Waals surface area contributed by atoms with Gasteiger partial charge in [0, 0.05) is 13.2 Å². The highest BCUT2D eigenvalue weighted by atomic mass is 79.9. The number of ether oxygens (including phenoxy) is 1. The molecule has 0 saturated carbocycles. The van der Waals surface area contributed by atoms with Crippen molar-refractivity contribution in [3.05, 3.63) is 58.1 Å². The highest BCUT2D eigenvalue weighted by molar-refractivity contribution is 9.10. The number of amides is 1. The van der Waals surface area contributed by atoms with Gasteiger partial charge < -0.3 is 10.1 Å². The van der Waals surface area contributed by atoms with E-state index in [4.69, 9.17) is 4.74 Å². The molecule has 0 radical (unpaired) electrons. The van der Waals surface area contributed by atoms with Gasteiger partial charge in [-0.15, -0.1) is 0 Å². The first-order valence-electron chi connectivity index (χ1n) is 7.63. The maximum absolute atomic E-state index is 12.5. The van der Waals surface area contributed by atoms with Crippen molar-refractivity contribution in [2.45, 2.75) is 13.5 Å². The molecule has 1 aromatic carbocycles. The Hall–Kier alpha value is -2.61. The minimum absolute atomic E-state index is 0.240. The summed E-state index contributed by atoms with van der Waals surface area (Å²) in [4.78, 5) is 12.5. The molecule has 1 N–H and O–H groups in total. The van der Waals surface area contributed by atoms with Gasteiger partial charge in [-0.1, -0.05) is 12.1 Å². The van der Waals surface area contributed by atoms with Crippen LogP contribution in [0.2, 0.25) is 0 Å². The van der Waals surface area contributed by atoms with E-state index in [-0.39, 0.29) is 5.91 Å². The Labute approximate surface area is 153 Å². The summed E-state index contributed by atoms with van der Waals surface area (Å²) in [6.45, 7) is 2.43. The molecule has 0 aliphatic rings. The molecule has 0 bridgehead atoms. The van der Waals surface area contributed by atoms with E-state index in [1.165, 1.54) is 0 Å². The van der Waals surface area contributed by atoms with E-state index < -0.39 is 0 Å². The van der Waals surface area contributed by atoms with Crippen molar-refractivity contribution < 1.29 is 9.53 Å². The fourth-order valence-electron chi connectivity index (χ4n) is 2.54. The maximum atomic E-state index is 12.5. The van der Waals surface area contributed by atoms with E-state index in [2.05, 4.69) is 31.4 Å². The first-order chi connectivity index (χ1) is 12.0. The lowest BCUT2D eigenvalue weighted by atomic mass is 10.2. The van der Waals surface area contributed by atoms with Crippen LogP contribution in [-0.2, 0) is 13.6 Å². The van der Waals surface area contributed by atoms with E-state index in [0.717, 1.165) is 17.0 Å². The minimum Gasteiger partial charge on any atom is -0.497 e. The van der Waals surface area contributed by atoms with Gasteiger partial charge >= 0.3 is 0 Å². The lowest BCUT2D eigenvalue weighted by Crippen LogP contribution is -2.16. The summed E-state index contributed by atoms with van der Waals surface area (Å²) in [6, 6.07) is 7.78. The maximum Gasteiger partial charge on any atom is 0.275 e. The molecular formula is C17H18BrN5O2. The largest absolute Gasteiger partial charge is 0.497 e. The lowest BCUT2D eigenvalue weighted by Gasteiger charge is -2.05. The van der Waals surface area contributed by atoms with Gasteiger partial charge in [0.15, 0.2) is 0 Å². The number of halogens is 1. The van der Waals surface area contributed by atoms with Gasteiger partial charge in [0.05, 0.1) is 35.7 Å². The highest BCUT2D eigenvalue weighted by Crippen LogP contribution is 2.21. The summed E-state index contributed by atoms with van der Waals surface area (Å²) in [6.07, 6.45) is 3.41. The summed E-state index contributed by atoms with van der Waals surface area (Å²) in [5.74, 6) is 0.561. The number of carbonyl (C=O) groups is 1. The fraction of sp³-hybridized carbons (Fsp3) is 0.235. The third-order valence-corrected chi connectivity index (χ3v) is 4.68. The molecular weight excluding hydrogens is 386 g/mol. The zero-order valence-electron chi connectivity index (χ0n) is 14.2. The molecule has 3 rings (SSSR count). The summed E-state index contributed by atoms with van der Waals surface area (Å²) in [7, 11) is 3.37. The van der Waals surface area contributed by atoms with Crippen LogP contribution in [-0.4, -0.2) is 32.6 Å². The van der Waals surface area contributed by atoms with Crippen LogP contribution in [0, 0.1) is 6.92 Å². The molecule has 7 nitrogen and oxygen atoms in total. The second-order valence-electron chi connectivity index (χ2n) is 5.60. The molecule has 8 heteroatoms. The Bertz CT molecular complexity index is 916. The Kier molecular flexibility index (Phi) is 4.89. The summed E-state index contributed by atoms with van der Waals surface area (Å²) in [5, 5.41) is 11.4. The molecule has 0 unspecified atom stereocenters. The number of rotatable bonds is 5. The molecule has 1 amide bonds. The Balaban J connectivity index is 1.72. The number of nitrogens with one attached hydrogen (secondary N) is 1. The van der Waals surface area contributed by atoms with Gasteiger partial charge in [0.2, 0.25) is 0 Å². The van der Waals surface area contributed by atoms with Crippen LogP contribution in [0.1, 0.15) is 21.7 Å². The van der Waals surface area contributed by atoms with Gasteiger partial charge in [-0.05, 0) is 40.5 Å².